The van der Waals surface area contributed by atoms with Gasteiger partial charge in [-0.15, -0.1) is 5.10 Å². The van der Waals surface area contributed by atoms with Crippen LogP contribution in [0, 0.1) is 0 Å². The minimum absolute atomic E-state index is 0.290. The van der Waals surface area contributed by atoms with Crippen LogP contribution in [0.1, 0.15) is 17.3 Å². The maximum atomic E-state index is 4.10. The summed E-state index contributed by atoms with van der Waals surface area (Å²) in [6, 6.07) is 10.7. The third-order valence-corrected chi connectivity index (χ3v) is 2.61. The highest BCUT2D eigenvalue weighted by atomic mass is 15.4. The smallest absolute Gasteiger partial charge is 0.0845 e. The quantitative estimate of drug-likeness (QED) is 0.838. The Bertz CT molecular complexity index is 435. The van der Waals surface area contributed by atoms with Gasteiger partial charge < -0.3 is 5.32 Å². The van der Waals surface area contributed by atoms with Gasteiger partial charge in [0.15, 0.2) is 0 Å². The second-order valence-electron chi connectivity index (χ2n) is 3.84. The van der Waals surface area contributed by atoms with Crippen LogP contribution in [0.2, 0.25) is 0 Å². The maximum absolute atomic E-state index is 4.10. The number of rotatable bonds is 4. The van der Waals surface area contributed by atoms with Gasteiger partial charge >= 0.3 is 0 Å². The molecule has 16 heavy (non-hydrogen) atoms. The van der Waals surface area contributed by atoms with Crippen molar-refractivity contribution in [2.75, 3.05) is 7.05 Å². The van der Waals surface area contributed by atoms with Crippen LogP contribution in [-0.4, -0.2) is 22.0 Å². The van der Waals surface area contributed by atoms with Crippen LogP contribution < -0.4 is 5.32 Å². The molecule has 0 amide bonds. The first-order chi connectivity index (χ1) is 7.79. The molecule has 2 aromatic rings. The highest BCUT2D eigenvalue weighted by Gasteiger charge is 2.11. The normalized spacial score (nSPS) is 12.6. The molecule has 0 aliphatic carbocycles. The molecule has 4 nitrogen and oxygen atoms in total. The Morgan fingerprint density at radius 3 is 2.62 bits per heavy atom. The molecule has 4 heteroatoms. The molecule has 1 atom stereocenters. The second-order valence-corrected chi connectivity index (χ2v) is 3.84. The van der Waals surface area contributed by atoms with E-state index in [2.05, 4.69) is 39.9 Å². The van der Waals surface area contributed by atoms with Crippen LogP contribution >= 0.6 is 0 Å². The van der Waals surface area contributed by atoms with Crippen LogP contribution in [0.4, 0.5) is 0 Å². The van der Waals surface area contributed by atoms with E-state index in [1.165, 1.54) is 5.56 Å². The van der Waals surface area contributed by atoms with Gasteiger partial charge in [-0.05, 0) is 12.6 Å². The van der Waals surface area contributed by atoms with Crippen LogP contribution in [0.15, 0.2) is 36.5 Å². The first kappa shape index (κ1) is 10.8. The topological polar surface area (TPSA) is 42.7 Å². The Balaban J connectivity index is 2.12. The van der Waals surface area contributed by atoms with Gasteiger partial charge in [-0.25, -0.2) is 0 Å². The van der Waals surface area contributed by atoms with Crippen LogP contribution in [-0.2, 0) is 13.5 Å². The number of hydrogen-bond acceptors (Lipinski definition) is 3. The predicted molar refractivity (Wildman–Crippen MR) is 62.9 cm³/mol. The average molecular weight is 216 g/mol. The molecule has 0 radical (unpaired) electrons. The summed E-state index contributed by atoms with van der Waals surface area (Å²) in [6.07, 6.45) is 2.81. The molecule has 0 saturated carbocycles. The van der Waals surface area contributed by atoms with Crippen molar-refractivity contribution in [2.24, 2.45) is 7.05 Å². The number of aromatic nitrogens is 3. The van der Waals surface area contributed by atoms with Gasteiger partial charge in [0.05, 0.1) is 5.69 Å². The standard InChI is InChI=1S/C12H16N4/c1-13-12(10-6-4-3-5-7-10)8-11-9-16(2)15-14-11/h3-7,9,12-13H,8H2,1-2H3. The van der Waals surface area contributed by atoms with Crippen molar-refractivity contribution in [3.05, 3.63) is 47.8 Å². The molecule has 0 spiro atoms. The molecule has 0 saturated heterocycles. The largest absolute Gasteiger partial charge is 0.313 e. The minimum Gasteiger partial charge on any atom is -0.313 e. The fraction of sp³-hybridized carbons (Fsp3) is 0.333. The Morgan fingerprint density at radius 2 is 2.06 bits per heavy atom. The van der Waals surface area contributed by atoms with E-state index in [1.807, 2.05) is 26.4 Å². The number of nitrogens with one attached hydrogen (secondary N) is 1. The lowest BCUT2D eigenvalue weighted by Crippen LogP contribution is -2.18. The van der Waals surface area contributed by atoms with Crippen LogP contribution in [0.5, 0.6) is 0 Å². The van der Waals surface area contributed by atoms with Gasteiger partial charge in [0.25, 0.3) is 0 Å². The summed E-state index contributed by atoms with van der Waals surface area (Å²) in [5, 5.41) is 11.3. The molecule has 1 N–H and O–H groups in total. The second kappa shape index (κ2) is 4.90. The predicted octanol–water partition coefficient (Wildman–Crippen LogP) is 1.32. The fourth-order valence-corrected chi connectivity index (χ4v) is 1.77. The fourth-order valence-electron chi connectivity index (χ4n) is 1.77. The molecular formula is C12H16N4. The van der Waals surface area contributed by atoms with Gasteiger partial charge in [0.1, 0.15) is 0 Å². The molecule has 0 fully saturated rings. The summed E-state index contributed by atoms with van der Waals surface area (Å²) in [4.78, 5) is 0. The van der Waals surface area contributed by atoms with Crippen molar-refractivity contribution in [1.29, 1.82) is 0 Å². The molecule has 0 bridgehead atoms. The Morgan fingerprint density at radius 1 is 1.31 bits per heavy atom. The lowest BCUT2D eigenvalue weighted by Gasteiger charge is -2.14. The molecule has 1 aromatic heterocycles. The van der Waals surface area contributed by atoms with Gasteiger partial charge in [0, 0.05) is 25.7 Å². The first-order valence-corrected chi connectivity index (χ1v) is 5.37. The highest BCUT2D eigenvalue weighted by molar-refractivity contribution is 5.20. The Labute approximate surface area is 95.3 Å². The van der Waals surface area contributed by atoms with E-state index in [4.69, 9.17) is 0 Å². The molecule has 1 unspecified atom stereocenters. The summed E-state index contributed by atoms with van der Waals surface area (Å²) in [7, 11) is 3.85. The van der Waals surface area contributed by atoms with Crippen molar-refractivity contribution in [1.82, 2.24) is 20.3 Å². The van der Waals surface area contributed by atoms with Crippen molar-refractivity contribution < 1.29 is 0 Å². The zero-order valence-corrected chi connectivity index (χ0v) is 9.59. The van der Waals surface area contributed by atoms with E-state index >= 15 is 0 Å². The van der Waals surface area contributed by atoms with E-state index in [-0.39, 0.29) is 6.04 Å². The zero-order chi connectivity index (χ0) is 11.4. The summed E-state index contributed by atoms with van der Waals surface area (Å²) in [5.41, 5.74) is 2.28. The molecule has 84 valence electrons. The number of likely N-dealkylation sites (N-methyl/N-ethyl adjacent to an activating group) is 1. The lowest BCUT2D eigenvalue weighted by atomic mass is 10.0. The van der Waals surface area contributed by atoms with Crippen LogP contribution in [0.3, 0.4) is 0 Å². The molecule has 1 aromatic carbocycles. The minimum atomic E-state index is 0.290. The Hall–Kier alpha value is -1.68. The summed E-state index contributed by atoms with van der Waals surface area (Å²) < 4.78 is 1.73. The number of hydrogen-bond donors (Lipinski definition) is 1. The third-order valence-electron chi connectivity index (χ3n) is 2.61. The van der Waals surface area contributed by atoms with Crippen LogP contribution in [0.25, 0.3) is 0 Å². The van der Waals surface area contributed by atoms with E-state index in [0.717, 1.165) is 12.1 Å². The van der Waals surface area contributed by atoms with Crippen molar-refractivity contribution >= 4 is 0 Å². The van der Waals surface area contributed by atoms with Gasteiger partial charge in [-0.2, -0.15) is 0 Å². The SMILES string of the molecule is CNC(Cc1cn(C)nn1)c1ccccc1. The molecular weight excluding hydrogens is 200 g/mol. The van der Waals surface area contributed by atoms with E-state index in [9.17, 15) is 0 Å². The zero-order valence-electron chi connectivity index (χ0n) is 9.59. The molecule has 1 heterocycles. The summed E-state index contributed by atoms with van der Waals surface area (Å²) in [6.45, 7) is 0. The first-order valence-electron chi connectivity index (χ1n) is 5.37. The van der Waals surface area contributed by atoms with E-state index in [1.54, 1.807) is 4.68 Å². The number of aryl methyl sites for hydroxylation is 1. The van der Waals surface area contributed by atoms with Gasteiger partial charge in [0.2, 0.25) is 0 Å². The van der Waals surface area contributed by atoms with Gasteiger partial charge in [-0.1, -0.05) is 35.5 Å². The monoisotopic (exact) mass is 216 g/mol. The summed E-state index contributed by atoms with van der Waals surface area (Å²) >= 11 is 0. The van der Waals surface area contributed by atoms with Gasteiger partial charge in [-0.3, -0.25) is 4.68 Å². The number of benzene rings is 1. The van der Waals surface area contributed by atoms with Crippen molar-refractivity contribution in [2.45, 2.75) is 12.5 Å². The van der Waals surface area contributed by atoms with E-state index < -0.39 is 0 Å². The summed E-state index contributed by atoms with van der Waals surface area (Å²) in [5.74, 6) is 0. The Kier molecular flexibility index (Phi) is 3.31. The van der Waals surface area contributed by atoms with Crippen molar-refractivity contribution in [3.63, 3.8) is 0 Å². The third kappa shape index (κ3) is 2.46. The van der Waals surface area contributed by atoms with E-state index in [0.29, 0.717) is 0 Å². The van der Waals surface area contributed by atoms with Crippen molar-refractivity contribution in [3.8, 4) is 0 Å². The maximum Gasteiger partial charge on any atom is 0.0845 e. The molecule has 0 aliphatic heterocycles. The highest BCUT2D eigenvalue weighted by Crippen LogP contribution is 2.16. The molecule has 2 rings (SSSR count). The number of nitrogens with zero attached hydrogens (tertiary/aromatic N) is 3. The lowest BCUT2D eigenvalue weighted by molar-refractivity contribution is 0.583. The average Bonchev–Trinajstić information content (AvgIpc) is 2.73. The molecule has 0 aliphatic rings.